The van der Waals surface area contributed by atoms with Crippen LogP contribution in [0.25, 0.3) is 0 Å². The fourth-order valence-electron chi connectivity index (χ4n) is 1.39. The van der Waals surface area contributed by atoms with Crippen LogP contribution in [0.4, 0.5) is 0 Å². The van der Waals surface area contributed by atoms with E-state index in [0.29, 0.717) is 6.54 Å². The molecule has 0 fully saturated rings. The van der Waals surface area contributed by atoms with E-state index >= 15 is 0 Å². The summed E-state index contributed by atoms with van der Waals surface area (Å²) in [5, 5.41) is 3.30. The predicted molar refractivity (Wildman–Crippen MR) is 66.7 cm³/mol. The van der Waals surface area contributed by atoms with Crippen LogP contribution in [0.15, 0.2) is 47.2 Å². The van der Waals surface area contributed by atoms with Gasteiger partial charge in [0.1, 0.15) is 5.82 Å². The number of nitrogens with one attached hydrogen (secondary N) is 1. The largest absolute Gasteiger partial charge is 0.306 e. The van der Waals surface area contributed by atoms with Crippen molar-refractivity contribution < 1.29 is 0 Å². The van der Waals surface area contributed by atoms with Gasteiger partial charge in [0.05, 0.1) is 6.54 Å². The molecule has 0 aliphatic carbocycles. The summed E-state index contributed by atoms with van der Waals surface area (Å²) < 4.78 is 1.10. The number of hydrogen-bond acceptors (Lipinski definition) is 3. The molecule has 0 aliphatic heterocycles. The molecule has 0 atom stereocenters. The van der Waals surface area contributed by atoms with Gasteiger partial charge >= 0.3 is 0 Å². The maximum atomic E-state index is 4.14. The molecule has 0 bridgehead atoms. The smallest absolute Gasteiger partial charge is 0.141 e. The quantitative estimate of drug-likeness (QED) is 0.933. The molecule has 16 heavy (non-hydrogen) atoms. The van der Waals surface area contributed by atoms with E-state index in [1.807, 2.05) is 18.2 Å². The number of nitrogens with zero attached hydrogens (tertiary/aromatic N) is 2. The second kappa shape index (κ2) is 5.72. The predicted octanol–water partition coefficient (Wildman–Crippen LogP) is 2.53. The molecule has 1 heterocycles. The van der Waals surface area contributed by atoms with Crippen molar-refractivity contribution in [2.45, 2.75) is 13.1 Å². The number of halogens is 1. The Morgan fingerprint density at radius 3 is 2.62 bits per heavy atom. The van der Waals surface area contributed by atoms with Gasteiger partial charge in [0.25, 0.3) is 0 Å². The lowest BCUT2D eigenvalue weighted by Gasteiger charge is -2.04. The first-order valence-corrected chi connectivity index (χ1v) is 5.85. The fourth-order valence-corrected chi connectivity index (χ4v) is 1.83. The molecule has 82 valence electrons. The Hall–Kier alpha value is -1.26. The van der Waals surface area contributed by atoms with Crippen LogP contribution < -0.4 is 5.32 Å². The van der Waals surface area contributed by atoms with E-state index in [2.05, 4.69) is 43.3 Å². The third kappa shape index (κ3) is 3.40. The van der Waals surface area contributed by atoms with Crippen LogP contribution >= 0.6 is 15.9 Å². The van der Waals surface area contributed by atoms with E-state index in [-0.39, 0.29) is 0 Å². The summed E-state index contributed by atoms with van der Waals surface area (Å²) in [4.78, 5) is 8.29. The van der Waals surface area contributed by atoms with E-state index in [4.69, 9.17) is 0 Å². The van der Waals surface area contributed by atoms with Crippen LogP contribution in [0.5, 0.6) is 0 Å². The molecule has 2 rings (SSSR count). The fraction of sp³-hybridized carbons (Fsp3) is 0.167. The van der Waals surface area contributed by atoms with E-state index < -0.39 is 0 Å². The topological polar surface area (TPSA) is 37.8 Å². The Morgan fingerprint density at radius 1 is 1.06 bits per heavy atom. The number of benzene rings is 1. The third-order valence-electron chi connectivity index (χ3n) is 2.12. The third-order valence-corrected chi connectivity index (χ3v) is 2.61. The van der Waals surface area contributed by atoms with Crippen LogP contribution in [-0.2, 0) is 13.1 Å². The molecule has 0 amide bonds. The summed E-state index contributed by atoms with van der Waals surface area (Å²) in [5.41, 5.74) is 1.24. The molecule has 0 spiro atoms. The average molecular weight is 278 g/mol. The van der Waals surface area contributed by atoms with Gasteiger partial charge in [-0.25, -0.2) is 9.97 Å². The van der Waals surface area contributed by atoms with E-state index in [1.54, 1.807) is 12.4 Å². The lowest BCUT2D eigenvalue weighted by atomic mass is 10.2. The van der Waals surface area contributed by atoms with Gasteiger partial charge in [-0.3, -0.25) is 0 Å². The summed E-state index contributed by atoms with van der Waals surface area (Å²) in [7, 11) is 0. The summed E-state index contributed by atoms with van der Waals surface area (Å²) in [5.74, 6) is 0.817. The van der Waals surface area contributed by atoms with Gasteiger partial charge in [0, 0.05) is 23.4 Å². The minimum atomic E-state index is 0.688. The Balaban J connectivity index is 1.85. The van der Waals surface area contributed by atoms with Crippen molar-refractivity contribution in [1.82, 2.24) is 15.3 Å². The molecule has 1 aromatic heterocycles. The van der Waals surface area contributed by atoms with Crippen molar-refractivity contribution in [2.24, 2.45) is 0 Å². The zero-order chi connectivity index (χ0) is 11.2. The molecule has 2 aromatic rings. The van der Waals surface area contributed by atoms with Crippen molar-refractivity contribution in [3.05, 3.63) is 58.6 Å². The highest BCUT2D eigenvalue weighted by Crippen LogP contribution is 2.11. The van der Waals surface area contributed by atoms with Crippen LogP contribution in [0, 0.1) is 0 Å². The van der Waals surface area contributed by atoms with Gasteiger partial charge in [-0.1, -0.05) is 28.1 Å². The summed E-state index contributed by atoms with van der Waals surface area (Å²) in [6.45, 7) is 1.51. The summed E-state index contributed by atoms with van der Waals surface area (Å²) in [6.07, 6.45) is 3.51. The standard InChI is InChI=1S/C12H12BrN3/c13-11-4-1-3-10(7-11)8-14-9-12-15-5-2-6-16-12/h1-7,14H,8-9H2. The van der Waals surface area contributed by atoms with Crippen LogP contribution in [-0.4, -0.2) is 9.97 Å². The van der Waals surface area contributed by atoms with Gasteiger partial charge in [-0.05, 0) is 23.8 Å². The SMILES string of the molecule is Brc1cccc(CNCc2ncccn2)c1. The molecule has 0 radical (unpaired) electrons. The highest BCUT2D eigenvalue weighted by molar-refractivity contribution is 9.10. The number of rotatable bonds is 4. The van der Waals surface area contributed by atoms with Gasteiger partial charge in [-0.2, -0.15) is 0 Å². The highest BCUT2D eigenvalue weighted by atomic mass is 79.9. The Kier molecular flexibility index (Phi) is 4.02. The normalized spacial score (nSPS) is 10.3. The molecule has 0 saturated carbocycles. The number of hydrogen-bond donors (Lipinski definition) is 1. The number of aromatic nitrogens is 2. The first kappa shape index (κ1) is 11.2. The van der Waals surface area contributed by atoms with Gasteiger partial charge in [0.2, 0.25) is 0 Å². The second-order valence-electron chi connectivity index (χ2n) is 3.40. The lowest BCUT2D eigenvalue weighted by molar-refractivity contribution is 0.662. The van der Waals surface area contributed by atoms with Gasteiger partial charge < -0.3 is 5.32 Å². The van der Waals surface area contributed by atoms with Crippen molar-refractivity contribution in [3.8, 4) is 0 Å². The second-order valence-corrected chi connectivity index (χ2v) is 4.31. The maximum absolute atomic E-state index is 4.14. The van der Waals surface area contributed by atoms with Crippen LogP contribution in [0.3, 0.4) is 0 Å². The van der Waals surface area contributed by atoms with Crippen molar-refractivity contribution in [3.63, 3.8) is 0 Å². The van der Waals surface area contributed by atoms with E-state index in [1.165, 1.54) is 5.56 Å². The monoisotopic (exact) mass is 277 g/mol. The maximum Gasteiger partial charge on any atom is 0.141 e. The molecule has 1 N–H and O–H groups in total. The van der Waals surface area contributed by atoms with Crippen LogP contribution in [0.1, 0.15) is 11.4 Å². The summed E-state index contributed by atoms with van der Waals surface area (Å²) in [6, 6.07) is 10.0. The van der Waals surface area contributed by atoms with Crippen molar-refractivity contribution in [2.75, 3.05) is 0 Å². The van der Waals surface area contributed by atoms with Crippen molar-refractivity contribution in [1.29, 1.82) is 0 Å². The first-order valence-electron chi connectivity index (χ1n) is 5.05. The minimum absolute atomic E-state index is 0.688. The van der Waals surface area contributed by atoms with Crippen LogP contribution in [0.2, 0.25) is 0 Å². The molecule has 0 unspecified atom stereocenters. The molecule has 3 nitrogen and oxygen atoms in total. The minimum Gasteiger partial charge on any atom is -0.306 e. The molecule has 0 aliphatic rings. The molecular formula is C12H12BrN3. The molecule has 1 aromatic carbocycles. The zero-order valence-corrected chi connectivity index (χ0v) is 10.3. The van der Waals surface area contributed by atoms with E-state index in [9.17, 15) is 0 Å². The Bertz CT molecular complexity index is 445. The summed E-state index contributed by atoms with van der Waals surface area (Å²) >= 11 is 3.45. The van der Waals surface area contributed by atoms with Gasteiger partial charge in [-0.15, -0.1) is 0 Å². The molecular weight excluding hydrogens is 266 g/mol. The lowest BCUT2D eigenvalue weighted by Crippen LogP contribution is -2.14. The van der Waals surface area contributed by atoms with E-state index in [0.717, 1.165) is 16.8 Å². The molecule has 0 saturated heterocycles. The van der Waals surface area contributed by atoms with Gasteiger partial charge in [0.15, 0.2) is 0 Å². The highest BCUT2D eigenvalue weighted by Gasteiger charge is 1.96. The van der Waals surface area contributed by atoms with Crippen molar-refractivity contribution >= 4 is 15.9 Å². The zero-order valence-electron chi connectivity index (χ0n) is 8.73. The Labute approximate surface area is 103 Å². The molecule has 4 heteroatoms. The Morgan fingerprint density at radius 2 is 1.88 bits per heavy atom. The average Bonchev–Trinajstić information content (AvgIpc) is 2.30. The first-order chi connectivity index (χ1) is 7.84.